The average molecular weight is 538 g/mol. The number of benzene rings is 2. The number of nitrogens with two attached hydrogens (primary N) is 1. The van der Waals surface area contributed by atoms with Crippen LogP contribution in [0, 0.1) is 0 Å². The van der Waals surface area contributed by atoms with Gasteiger partial charge in [-0.05, 0) is 37.1 Å². The molecule has 11 heteroatoms. The molecule has 2 aromatic heterocycles. The largest absolute Gasteiger partial charge is 0.431 e. The second-order valence-electron chi connectivity index (χ2n) is 9.19. The quantitative estimate of drug-likeness (QED) is 0.256. The van der Waals surface area contributed by atoms with Crippen LogP contribution in [0.4, 0.5) is 5.69 Å². The SMILES string of the molecule is C[C@H](Cn1cnc2c(N)ccnc21)OCP(=O)(N[C@@H](Cc1ccccc1)C1OCCO1)Oc1ccccc1. The van der Waals surface area contributed by atoms with Gasteiger partial charge < -0.3 is 29.0 Å². The maximum Gasteiger partial charge on any atom is 0.342 e. The molecule has 3 heterocycles. The van der Waals surface area contributed by atoms with Gasteiger partial charge in [0.15, 0.2) is 11.9 Å². The topological polar surface area (TPSA) is 123 Å². The Bertz CT molecular complexity index is 1360. The second-order valence-corrected chi connectivity index (χ2v) is 11.2. The Morgan fingerprint density at radius 1 is 1.08 bits per heavy atom. The molecule has 200 valence electrons. The van der Waals surface area contributed by atoms with Gasteiger partial charge >= 0.3 is 7.52 Å². The standard InChI is InChI=1S/C27H32N5O5P/c1-20(17-32-18-30-25-23(28)12-13-29-26(25)32)36-19-38(33,37-22-10-6-3-7-11-22)31-24(27-34-14-15-35-27)16-21-8-4-2-5-9-21/h2-13,18,20,24,27H,14-17,19H2,1H3,(H2,28,29)(H,31,33)/t20-,24+,38?/m1/s1. The fourth-order valence-electron chi connectivity index (χ4n) is 4.34. The van der Waals surface area contributed by atoms with Crippen LogP contribution >= 0.6 is 7.52 Å². The number of nitrogen functional groups attached to an aromatic ring is 1. The molecule has 1 saturated heterocycles. The van der Waals surface area contributed by atoms with Crippen LogP contribution < -0.4 is 15.3 Å². The number of aromatic nitrogens is 3. The molecule has 0 bridgehead atoms. The lowest BCUT2D eigenvalue weighted by molar-refractivity contribution is -0.0631. The number of nitrogens with one attached hydrogen (secondary N) is 1. The number of pyridine rings is 1. The van der Waals surface area contributed by atoms with Crippen molar-refractivity contribution < 1.29 is 23.3 Å². The third-order valence-electron chi connectivity index (χ3n) is 6.15. The van der Waals surface area contributed by atoms with E-state index in [4.69, 9.17) is 24.5 Å². The molecule has 2 aromatic carbocycles. The molecular weight excluding hydrogens is 505 g/mol. The molecular formula is C27H32N5O5P. The van der Waals surface area contributed by atoms with E-state index in [1.54, 1.807) is 30.7 Å². The summed E-state index contributed by atoms with van der Waals surface area (Å²) in [6, 6.07) is 20.3. The first kappa shape index (κ1) is 26.3. The molecule has 1 unspecified atom stereocenters. The maximum absolute atomic E-state index is 14.3. The third kappa shape index (κ3) is 6.59. The van der Waals surface area contributed by atoms with E-state index in [0.717, 1.165) is 5.56 Å². The number of fused-ring (bicyclic) bond motifs is 1. The van der Waals surface area contributed by atoms with Gasteiger partial charge in [-0.25, -0.2) is 15.1 Å². The molecule has 0 saturated carbocycles. The lowest BCUT2D eigenvalue weighted by Gasteiger charge is -2.29. The van der Waals surface area contributed by atoms with Crippen LogP contribution in [-0.4, -0.2) is 52.5 Å². The Morgan fingerprint density at radius 2 is 1.79 bits per heavy atom. The number of nitrogens with zero attached hydrogens (tertiary/aromatic N) is 3. The summed E-state index contributed by atoms with van der Waals surface area (Å²) in [5.41, 5.74) is 8.94. The number of hydrogen-bond donors (Lipinski definition) is 2. The predicted octanol–water partition coefficient (Wildman–Crippen LogP) is 4.22. The van der Waals surface area contributed by atoms with Gasteiger partial charge in [-0.15, -0.1) is 0 Å². The summed E-state index contributed by atoms with van der Waals surface area (Å²) < 4.78 is 39.9. The summed E-state index contributed by atoms with van der Waals surface area (Å²) in [4.78, 5) is 8.75. The number of imidazole rings is 1. The lowest BCUT2D eigenvalue weighted by Crippen LogP contribution is -2.42. The van der Waals surface area contributed by atoms with Gasteiger partial charge in [0, 0.05) is 6.20 Å². The van der Waals surface area contributed by atoms with Crippen LogP contribution in [0.15, 0.2) is 79.3 Å². The summed E-state index contributed by atoms with van der Waals surface area (Å²) >= 11 is 0. The Hall–Kier alpha value is -3.27. The van der Waals surface area contributed by atoms with Crippen molar-refractivity contribution in [1.29, 1.82) is 0 Å². The number of para-hydroxylation sites is 1. The van der Waals surface area contributed by atoms with E-state index in [-0.39, 0.29) is 12.5 Å². The zero-order chi connectivity index (χ0) is 26.4. The molecule has 1 aliphatic rings. The van der Waals surface area contributed by atoms with Gasteiger partial charge in [0.05, 0.1) is 43.9 Å². The monoisotopic (exact) mass is 537 g/mol. The highest BCUT2D eigenvalue weighted by Gasteiger charge is 2.36. The van der Waals surface area contributed by atoms with Crippen molar-refractivity contribution in [2.24, 2.45) is 0 Å². The van der Waals surface area contributed by atoms with E-state index >= 15 is 0 Å². The Labute approximate surface area is 221 Å². The summed E-state index contributed by atoms with van der Waals surface area (Å²) in [5, 5.41) is 3.23. The normalized spacial score (nSPS) is 17.3. The summed E-state index contributed by atoms with van der Waals surface area (Å²) in [6.45, 7) is 3.30. The van der Waals surface area contributed by atoms with Crippen molar-refractivity contribution >= 4 is 24.4 Å². The fraction of sp³-hybridized carbons (Fsp3) is 0.333. The van der Waals surface area contributed by atoms with Crippen molar-refractivity contribution in [2.75, 3.05) is 25.3 Å². The minimum atomic E-state index is -3.58. The third-order valence-corrected chi connectivity index (χ3v) is 7.87. The minimum Gasteiger partial charge on any atom is -0.431 e. The van der Waals surface area contributed by atoms with Gasteiger partial charge in [0.25, 0.3) is 0 Å². The van der Waals surface area contributed by atoms with E-state index in [1.165, 1.54) is 0 Å². The molecule has 0 aliphatic carbocycles. The van der Waals surface area contributed by atoms with Crippen LogP contribution in [0.2, 0.25) is 0 Å². The van der Waals surface area contributed by atoms with Gasteiger partial charge in [-0.1, -0.05) is 48.5 Å². The van der Waals surface area contributed by atoms with Crippen molar-refractivity contribution in [3.05, 3.63) is 84.8 Å². The van der Waals surface area contributed by atoms with Crippen molar-refractivity contribution in [1.82, 2.24) is 19.6 Å². The molecule has 0 spiro atoms. The fourth-order valence-corrected chi connectivity index (χ4v) is 6.16. The number of rotatable bonds is 12. The molecule has 3 atom stereocenters. The van der Waals surface area contributed by atoms with Crippen LogP contribution in [0.5, 0.6) is 5.75 Å². The van der Waals surface area contributed by atoms with Crippen LogP contribution in [-0.2, 0) is 31.7 Å². The molecule has 38 heavy (non-hydrogen) atoms. The first-order chi connectivity index (χ1) is 18.5. The smallest absolute Gasteiger partial charge is 0.342 e. The number of hydrogen-bond acceptors (Lipinski definition) is 8. The van der Waals surface area contributed by atoms with E-state index in [2.05, 4.69) is 15.1 Å². The van der Waals surface area contributed by atoms with Gasteiger partial charge in [0.1, 0.15) is 17.6 Å². The maximum atomic E-state index is 14.3. The Balaban J connectivity index is 1.33. The molecule has 1 aliphatic heterocycles. The highest BCUT2D eigenvalue weighted by Crippen LogP contribution is 2.45. The number of anilines is 1. The highest BCUT2D eigenvalue weighted by atomic mass is 31.2. The second kappa shape index (κ2) is 12.1. The van der Waals surface area contributed by atoms with Gasteiger partial charge in [-0.2, -0.15) is 0 Å². The molecule has 10 nitrogen and oxygen atoms in total. The first-order valence-electron chi connectivity index (χ1n) is 12.5. The zero-order valence-corrected chi connectivity index (χ0v) is 22.1. The van der Waals surface area contributed by atoms with Crippen LogP contribution in [0.3, 0.4) is 0 Å². The van der Waals surface area contributed by atoms with Crippen molar-refractivity contribution in [3.63, 3.8) is 0 Å². The van der Waals surface area contributed by atoms with Gasteiger partial charge in [0.2, 0.25) is 0 Å². The van der Waals surface area contributed by atoms with Crippen molar-refractivity contribution in [3.8, 4) is 5.75 Å². The van der Waals surface area contributed by atoms with Crippen LogP contribution in [0.25, 0.3) is 11.2 Å². The summed E-state index contributed by atoms with van der Waals surface area (Å²) in [6.07, 6.45) is 2.82. The van der Waals surface area contributed by atoms with E-state index in [9.17, 15) is 4.57 Å². The van der Waals surface area contributed by atoms with Gasteiger partial charge in [-0.3, -0.25) is 4.57 Å². The van der Waals surface area contributed by atoms with Crippen molar-refractivity contribution in [2.45, 2.75) is 38.3 Å². The van der Waals surface area contributed by atoms with Crippen LogP contribution in [0.1, 0.15) is 12.5 Å². The molecule has 3 N–H and O–H groups in total. The van der Waals surface area contributed by atoms with E-state index in [1.807, 2.05) is 60.0 Å². The Morgan fingerprint density at radius 3 is 2.53 bits per heavy atom. The zero-order valence-electron chi connectivity index (χ0n) is 21.2. The molecule has 4 aromatic rings. The predicted molar refractivity (Wildman–Crippen MR) is 145 cm³/mol. The number of ether oxygens (including phenoxy) is 3. The summed E-state index contributed by atoms with van der Waals surface area (Å²) in [5.74, 6) is 0.478. The average Bonchev–Trinajstić information content (AvgIpc) is 3.60. The summed E-state index contributed by atoms with van der Waals surface area (Å²) in [7, 11) is -3.58. The highest BCUT2D eigenvalue weighted by molar-refractivity contribution is 7.57. The minimum absolute atomic E-state index is 0.163. The first-order valence-corrected chi connectivity index (χ1v) is 14.4. The Kier molecular flexibility index (Phi) is 8.36. The lowest BCUT2D eigenvalue weighted by atomic mass is 10.1. The molecule has 1 fully saturated rings. The van der Waals surface area contributed by atoms with E-state index in [0.29, 0.717) is 48.8 Å². The molecule has 5 rings (SSSR count). The molecule has 0 amide bonds. The van der Waals surface area contributed by atoms with E-state index < -0.39 is 19.9 Å². The molecule has 0 radical (unpaired) electrons.